The molecule has 6 rings (SSSR count). The van der Waals surface area contributed by atoms with Crippen LogP contribution in [0.4, 0.5) is 0 Å². The maximum Gasteiger partial charge on any atom is 0.246 e. The second-order valence-electron chi connectivity index (χ2n) is 34.8. The van der Waals surface area contributed by atoms with Crippen molar-refractivity contribution in [3.63, 3.8) is 0 Å². The molecule has 26 N–H and O–H groups in total. The first kappa shape index (κ1) is 109. The zero-order valence-electron chi connectivity index (χ0n) is 83.4. The predicted octanol–water partition coefficient (Wildman–Crippen LogP) is -5.00. The van der Waals surface area contributed by atoms with Crippen molar-refractivity contribution in [3.8, 4) is 11.5 Å². The highest BCUT2D eigenvalue weighted by molar-refractivity contribution is 7.99. The molecule has 2 aromatic carbocycles. The summed E-state index contributed by atoms with van der Waals surface area (Å²) in [6.07, 6.45) is -4.20. The number of carbonyl (C=O) groups is 22. The topological polar surface area (TPSA) is 725 Å². The third-order valence-corrected chi connectivity index (χ3v) is 25.0. The molecule has 46 nitrogen and oxygen atoms in total. The van der Waals surface area contributed by atoms with Crippen LogP contribution in [0.25, 0.3) is 0 Å². The van der Waals surface area contributed by atoms with Gasteiger partial charge in [-0.2, -0.15) is 23.5 Å². The molecular weight excluding hydrogens is 1840 g/mol. The first-order chi connectivity index (χ1) is 66.8. The fourth-order valence-electron chi connectivity index (χ4n) is 15.0. The second-order valence-corrected chi connectivity index (χ2v) is 37.1. The maximum atomic E-state index is 14.5. The van der Waals surface area contributed by atoms with Crippen molar-refractivity contribution in [2.45, 2.75) is 268 Å². The molecular formula is C90H138N22O24S2. The molecule has 0 spiro atoms. The predicted molar refractivity (Wildman–Crippen MR) is 506 cm³/mol. The van der Waals surface area contributed by atoms with E-state index in [1.54, 1.807) is 27.7 Å². The van der Waals surface area contributed by atoms with Gasteiger partial charge in [-0.3, -0.25) is 105 Å². The quantitative estimate of drug-likeness (QED) is 0.0304. The minimum Gasteiger partial charge on any atom is -0.497 e. The summed E-state index contributed by atoms with van der Waals surface area (Å²) < 4.78 is 45.2. The lowest BCUT2D eigenvalue weighted by molar-refractivity contribution is -0.142. The fourth-order valence-corrected chi connectivity index (χ4v) is 17.0. The van der Waals surface area contributed by atoms with E-state index in [4.69, 9.17) is 49.4 Å². The molecule has 764 valence electrons. The number of rotatable bonds is 36. The van der Waals surface area contributed by atoms with Crippen LogP contribution in [0.3, 0.4) is 0 Å². The van der Waals surface area contributed by atoms with E-state index in [1.165, 1.54) is 60.4 Å². The van der Waals surface area contributed by atoms with Gasteiger partial charge in [0.1, 0.15) is 96.1 Å². The van der Waals surface area contributed by atoms with Crippen LogP contribution >= 0.6 is 23.5 Å². The minimum atomic E-state index is -2.59. The molecule has 16 atom stereocenters. The highest BCUT2D eigenvalue weighted by Crippen LogP contribution is 2.26. The van der Waals surface area contributed by atoms with Gasteiger partial charge in [-0.15, -0.1) is 0 Å². The highest BCUT2D eigenvalue weighted by atomic mass is 32.2. The Bertz CT molecular complexity index is 4830. The van der Waals surface area contributed by atoms with E-state index in [2.05, 4.69) is 74.4 Å². The summed E-state index contributed by atoms with van der Waals surface area (Å²) in [4.78, 5) is 297. The molecule has 4 saturated heterocycles. The first-order valence-electron chi connectivity index (χ1n) is 47.8. The molecule has 4 aliphatic heterocycles. The number of primary amides is 6. The number of hydrogen-bond donors (Lipinski definition) is 20. The van der Waals surface area contributed by atoms with Crippen LogP contribution < -0.4 is 118 Å². The maximum absolute atomic E-state index is 14.5. The van der Waals surface area contributed by atoms with Crippen LogP contribution in [-0.4, -0.2) is 288 Å². The van der Waals surface area contributed by atoms with Gasteiger partial charge in [0.2, 0.25) is 130 Å². The van der Waals surface area contributed by atoms with Crippen molar-refractivity contribution >= 4 is 153 Å². The molecule has 2 aromatic rings. The molecule has 4 fully saturated rings. The summed E-state index contributed by atoms with van der Waals surface area (Å²) in [5.74, 6) is -19.9. The van der Waals surface area contributed by atoms with Crippen LogP contribution in [-0.2, 0) is 118 Å². The van der Waals surface area contributed by atoms with Crippen molar-refractivity contribution < 1.29 is 120 Å². The molecule has 4 aliphatic rings. The van der Waals surface area contributed by atoms with Crippen LogP contribution in [0.2, 0.25) is 0 Å². The van der Waals surface area contributed by atoms with E-state index in [-0.39, 0.29) is 136 Å². The van der Waals surface area contributed by atoms with Crippen molar-refractivity contribution in [3.05, 3.63) is 59.6 Å². The lowest BCUT2D eigenvalue weighted by Crippen LogP contribution is -2.61. The molecule has 48 heteroatoms. The fraction of sp³-hybridized carbons (Fsp3) is 0.622. The number of carbonyl (C=O) groups excluding carboxylic acids is 22. The Kier molecular flexibility index (Phi) is 46.2. The van der Waals surface area contributed by atoms with Gasteiger partial charge in [0, 0.05) is 65.8 Å². The van der Waals surface area contributed by atoms with Gasteiger partial charge in [0.05, 0.1) is 42.9 Å². The van der Waals surface area contributed by atoms with Crippen molar-refractivity contribution in [1.29, 1.82) is 0 Å². The Morgan fingerprint density at radius 2 is 0.812 bits per heavy atom. The number of benzene rings is 2. The number of nitrogens with one attached hydrogen (secondary N) is 14. The molecule has 4 heterocycles. The zero-order chi connectivity index (χ0) is 106. The second kappa shape index (κ2) is 58.6. The normalized spacial score (nSPS) is 23.7. The monoisotopic (exact) mass is 1980 g/mol. The number of nitrogens with zero attached hydrogens (tertiary/aromatic N) is 2. The Morgan fingerprint density at radius 1 is 0.442 bits per heavy atom. The summed E-state index contributed by atoms with van der Waals surface area (Å²) >= 11 is 2.26. The SMILES string of the molecule is [2H]C([2H])(c1ccc(OC)cc1)[C@@H]1NC(=O)CCCSC[C@@H](C(=O)N2CCC[C@H]2C(=O)N[C@@H](CC(C)C)C(=O)NCC(N)=O)NC(=O)[C@H](CC(N)=O)NC(=O)[C@H](CCC(N)=O)NC(=O)[C@H]([C@@H](C)CC)NC1=O.[2H]c1cc(C[C@@H]2NC(=O)CCCSC[C@@H](C(=O)N3CCC[C@H]3C(=O)N[C@@H](CC(C)C)C(=O)NCC(N)=O)NC(=O)[C@H](CC(N)=O)NC(=O)[C@H](CCC(N)=O)NC(=O)[C@H]([C@@H](C)CC)NC2=O)cc([2H])c1OC. The molecule has 138 heavy (non-hydrogen) atoms. The molecule has 0 aromatic heterocycles. The van der Waals surface area contributed by atoms with E-state index in [0.717, 1.165) is 23.5 Å². The summed E-state index contributed by atoms with van der Waals surface area (Å²) in [5.41, 5.74) is 32.5. The van der Waals surface area contributed by atoms with E-state index in [1.807, 2.05) is 27.7 Å². The number of likely N-dealkylation sites (tertiary alicyclic amines) is 2. The van der Waals surface area contributed by atoms with Gasteiger partial charge in [0.25, 0.3) is 0 Å². The molecule has 0 bridgehead atoms. The van der Waals surface area contributed by atoms with Gasteiger partial charge >= 0.3 is 0 Å². The summed E-state index contributed by atoms with van der Waals surface area (Å²) in [6, 6.07) is -11.9. The summed E-state index contributed by atoms with van der Waals surface area (Å²) in [7, 11) is 2.72. The van der Waals surface area contributed by atoms with E-state index < -0.39 is 284 Å². The standard InChI is InChI=1S/2C45H69N11O12S/c2*1-6-25(4)38-44(66)51-28(15-16-34(46)57)40(62)52-31(21-35(47)58)41(63)54-32(23-69-18-8-10-37(60)50-30(42(64)55-38)20-26-11-13-27(68-5)14-12-26)45(67)56-17-7-9-33(56)43(65)53-29(19-24(2)3)39(61)49-22-36(48)59/h2*11-14,24-25,28-33,38H,6-10,15-23H2,1-5H3,(H2,46,57)(H2,47,58)(H2,48,59)(H,49,61)(H,50,60)(H,51,66)(H,52,62)(H,53,65)(H,54,63)(H,55,64)/t2*25-,28-,29-,30-,31-,32-,33-,38-/m00/s1/i13D,14D;20D2. The summed E-state index contributed by atoms with van der Waals surface area (Å²) in [6.45, 7) is 13.1. The van der Waals surface area contributed by atoms with Gasteiger partial charge < -0.3 is 128 Å². The Balaban J connectivity index is 0.000000500. The van der Waals surface area contributed by atoms with E-state index in [9.17, 15) is 105 Å². The van der Waals surface area contributed by atoms with Crippen LogP contribution in [0, 0.1) is 23.7 Å². The number of hydrogen-bond acceptors (Lipinski definition) is 26. The number of methoxy groups -OCH3 is 2. The van der Waals surface area contributed by atoms with E-state index >= 15 is 0 Å². The largest absolute Gasteiger partial charge is 0.497 e. The van der Waals surface area contributed by atoms with Crippen LogP contribution in [0.15, 0.2) is 48.5 Å². The van der Waals surface area contributed by atoms with Gasteiger partial charge in [-0.1, -0.05) is 92.5 Å². The average Bonchev–Trinajstić information content (AvgIpc) is 1.09. The Hall–Kier alpha value is -12.9. The first-order valence-corrected chi connectivity index (χ1v) is 48.1. The van der Waals surface area contributed by atoms with Crippen molar-refractivity contribution in [1.82, 2.24) is 84.2 Å². The van der Waals surface area contributed by atoms with Crippen molar-refractivity contribution in [2.24, 2.45) is 58.1 Å². The van der Waals surface area contributed by atoms with Gasteiger partial charge in [-0.05, 0) is 135 Å². The van der Waals surface area contributed by atoms with E-state index in [0.29, 0.717) is 30.6 Å². The number of nitrogens with two attached hydrogens (primary N) is 6. The molecule has 0 saturated carbocycles. The Morgan fingerprint density at radius 3 is 1.17 bits per heavy atom. The molecule has 0 unspecified atom stereocenters. The number of ether oxygens (including phenoxy) is 2. The van der Waals surface area contributed by atoms with Gasteiger partial charge in [-0.25, -0.2) is 0 Å². The number of amides is 22. The third-order valence-electron chi connectivity index (χ3n) is 22.7. The number of thioether (sulfide) groups is 2. The zero-order valence-corrected chi connectivity index (χ0v) is 81.1. The smallest absolute Gasteiger partial charge is 0.246 e. The van der Waals surface area contributed by atoms with Crippen LogP contribution in [0.1, 0.15) is 188 Å². The van der Waals surface area contributed by atoms with Gasteiger partial charge in [0.15, 0.2) is 0 Å². The molecule has 0 radical (unpaired) electrons. The Labute approximate surface area is 815 Å². The summed E-state index contributed by atoms with van der Waals surface area (Å²) in [5, 5.41) is 35.5. The molecule has 22 amide bonds. The average molecular weight is 1980 g/mol. The lowest BCUT2D eigenvalue weighted by Gasteiger charge is -2.31. The lowest BCUT2D eigenvalue weighted by atomic mass is 9.96. The van der Waals surface area contributed by atoms with Crippen LogP contribution in [0.5, 0.6) is 11.5 Å². The molecule has 0 aliphatic carbocycles. The minimum absolute atomic E-state index is 0.00883. The highest BCUT2D eigenvalue weighted by Gasteiger charge is 2.45. The third kappa shape index (κ3) is 39.7. The van der Waals surface area contributed by atoms with Crippen molar-refractivity contribution in [2.75, 3.05) is 63.4 Å².